The fourth-order valence-corrected chi connectivity index (χ4v) is 4.50. The molecule has 1 aliphatic heterocycles. The summed E-state index contributed by atoms with van der Waals surface area (Å²) in [7, 11) is -3.32. The zero-order valence-electron chi connectivity index (χ0n) is 8.73. The highest BCUT2D eigenvalue weighted by Gasteiger charge is 2.28. The van der Waals surface area contributed by atoms with Gasteiger partial charge in [0.1, 0.15) is 0 Å². The van der Waals surface area contributed by atoms with Crippen LogP contribution in [0.25, 0.3) is 5.57 Å². The molecule has 0 saturated heterocycles. The third kappa shape index (κ3) is 2.01. The highest BCUT2D eigenvalue weighted by molar-refractivity contribution is 8.00. The Bertz CT molecular complexity index is 547. The Morgan fingerprint density at radius 2 is 2.12 bits per heavy atom. The average Bonchev–Trinajstić information content (AvgIpc) is 2.49. The molecule has 0 aliphatic carbocycles. The second-order valence-corrected chi connectivity index (χ2v) is 6.86. The Morgan fingerprint density at radius 1 is 1.38 bits per heavy atom. The number of rotatable bonds is 3. The summed E-state index contributed by atoms with van der Waals surface area (Å²) in [5.41, 5.74) is 1.61. The number of hydrogen-bond acceptors (Lipinski definition) is 3. The molecule has 0 saturated carbocycles. The predicted octanol–water partition coefficient (Wildman–Crippen LogP) is 3.22. The minimum atomic E-state index is -3.32. The minimum absolute atomic E-state index is 0.267. The Hall–Kier alpha value is -0.450. The summed E-state index contributed by atoms with van der Waals surface area (Å²) in [4.78, 5) is 0.267. The van der Waals surface area contributed by atoms with Crippen molar-refractivity contribution in [1.82, 2.24) is 0 Å². The normalized spacial score (nSPS) is 17.0. The Balaban J connectivity index is 2.52. The molecular weight excluding hydrogens is 264 g/mol. The fraction of sp³-hybridized carbons (Fsp3) is 0.273. The van der Waals surface area contributed by atoms with Crippen LogP contribution < -0.4 is 0 Å². The van der Waals surface area contributed by atoms with Crippen molar-refractivity contribution in [2.45, 2.75) is 11.8 Å². The van der Waals surface area contributed by atoms with Gasteiger partial charge in [-0.15, -0.1) is 0 Å². The smallest absolute Gasteiger partial charge is 0.202 e. The van der Waals surface area contributed by atoms with Gasteiger partial charge >= 0.3 is 0 Å². The largest absolute Gasteiger partial charge is 0.219 e. The lowest BCUT2D eigenvalue weighted by atomic mass is 10.1. The average molecular weight is 275 g/mol. The lowest BCUT2D eigenvalue weighted by molar-refractivity contribution is 0.605. The quantitative estimate of drug-likeness (QED) is 0.849. The molecule has 0 amide bonds. The second-order valence-electron chi connectivity index (χ2n) is 3.44. The standard InChI is InChI=1S/C11H11ClO2S2/c1-2-15-6-8-7-16(13,14)11-9(8)4-3-5-10(11)12/h3-5,7H,2,6H2,1H3. The maximum Gasteiger partial charge on any atom is 0.202 e. The molecule has 86 valence electrons. The maximum atomic E-state index is 11.9. The summed E-state index contributed by atoms with van der Waals surface area (Å²) in [5.74, 6) is 1.68. The van der Waals surface area contributed by atoms with Crippen LogP contribution in [0.2, 0.25) is 5.02 Å². The van der Waals surface area contributed by atoms with Crippen LogP contribution in [0, 0.1) is 0 Å². The first-order chi connectivity index (χ1) is 7.56. The lowest BCUT2D eigenvalue weighted by Crippen LogP contribution is -1.94. The van der Waals surface area contributed by atoms with E-state index in [2.05, 4.69) is 0 Å². The van der Waals surface area contributed by atoms with E-state index in [1.165, 1.54) is 5.41 Å². The number of hydrogen-bond donors (Lipinski definition) is 0. The van der Waals surface area contributed by atoms with E-state index < -0.39 is 9.84 Å². The number of fused-ring (bicyclic) bond motifs is 1. The minimum Gasteiger partial charge on any atom is -0.219 e. The molecule has 0 aromatic heterocycles. The molecule has 2 rings (SSSR count). The maximum absolute atomic E-state index is 11.9. The molecule has 0 fully saturated rings. The van der Waals surface area contributed by atoms with E-state index in [0.29, 0.717) is 10.8 Å². The molecule has 0 spiro atoms. The van der Waals surface area contributed by atoms with Crippen LogP contribution in [0.4, 0.5) is 0 Å². The van der Waals surface area contributed by atoms with E-state index in [-0.39, 0.29) is 4.90 Å². The van der Waals surface area contributed by atoms with Crippen molar-refractivity contribution in [3.8, 4) is 0 Å². The Kier molecular flexibility index (Phi) is 3.33. The summed E-state index contributed by atoms with van der Waals surface area (Å²) >= 11 is 7.63. The summed E-state index contributed by atoms with van der Waals surface area (Å²) in [6.45, 7) is 2.05. The second kappa shape index (κ2) is 4.43. The summed E-state index contributed by atoms with van der Waals surface area (Å²) in [6.07, 6.45) is 0. The van der Waals surface area contributed by atoms with Gasteiger partial charge in [0.25, 0.3) is 0 Å². The number of sulfone groups is 1. The van der Waals surface area contributed by atoms with E-state index in [4.69, 9.17) is 11.6 Å². The van der Waals surface area contributed by atoms with Crippen molar-refractivity contribution >= 4 is 38.8 Å². The molecule has 2 nitrogen and oxygen atoms in total. The van der Waals surface area contributed by atoms with Gasteiger partial charge in [-0.2, -0.15) is 11.8 Å². The highest BCUT2D eigenvalue weighted by Crippen LogP contribution is 2.39. The number of halogens is 1. The zero-order valence-corrected chi connectivity index (χ0v) is 11.1. The SMILES string of the molecule is CCSCC1=CS(=O)(=O)c2c(Cl)cccc21. The first kappa shape index (κ1) is 12.0. The molecule has 0 N–H and O–H groups in total. The first-order valence-electron chi connectivity index (χ1n) is 4.88. The van der Waals surface area contributed by atoms with Gasteiger partial charge in [-0.25, -0.2) is 8.42 Å². The molecule has 16 heavy (non-hydrogen) atoms. The third-order valence-corrected chi connectivity index (χ3v) is 5.31. The van der Waals surface area contributed by atoms with Crippen LogP contribution in [0.15, 0.2) is 28.5 Å². The van der Waals surface area contributed by atoms with Crippen LogP contribution in [-0.4, -0.2) is 19.9 Å². The summed E-state index contributed by atoms with van der Waals surface area (Å²) in [6, 6.07) is 5.21. The number of benzene rings is 1. The van der Waals surface area contributed by atoms with Crippen molar-refractivity contribution in [1.29, 1.82) is 0 Å². The van der Waals surface area contributed by atoms with Gasteiger partial charge in [0.05, 0.1) is 9.92 Å². The van der Waals surface area contributed by atoms with Gasteiger partial charge in [0.2, 0.25) is 9.84 Å². The van der Waals surface area contributed by atoms with Crippen molar-refractivity contribution in [3.05, 3.63) is 34.2 Å². The van der Waals surface area contributed by atoms with E-state index in [1.807, 2.05) is 13.0 Å². The predicted molar refractivity (Wildman–Crippen MR) is 69.6 cm³/mol. The Labute approximate surface area is 105 Å². The Morgan fingerprint density at radius 3 is 2.81 bits per heavy atom. The molecule has 1 aliphatic rings. The van der Waals surface area contributed by atoms with Crippen LogP contribution >= 0.6 is 23.4 Å². The molecule has 5 heteroatoms. The van der Waals surface area contributed by atoms with Crippen LogP contribution in [-0.2, 0) is 9.84 Å². The molecule has 0 bridgehead atoms. The summed E-state index contributed by atoms with van der Waals surface area (Å²) < 4.78 is 23.8. The van der Waals surface area contributed by atoms with E-state index in [1.54, 1.807) is 23.9 Å². The number of thioether (sulfide) groups is 1. The van der Waals surface area contributed by atoms with Gasteiger partial charge in [-0.1, -0.05) is 30.7 Å². The van der Waals surface area contributed by atoms with Crippen molar-refractivity contribution in [2.75, 3.05) is 11.5 Å². The molecule has 1 heterocycles. The monoisotopic (exact) mass is 274 g/mol. The van der Waals surface area contributed by atoms with Gasteiger partial charge in [0.15, 0.2) is 0 Å². The van der Waals surface area contributed by atoms with E-state index in [0.717, 1.165) is 16.9 Å². The van der Waals surface area contributed by atoms with Gasteiger partial charge in [-0.05, 0) is 23.0 Å². The third-order valence-electron chi connectivity index (χ3n) is 2.36. The topological polar surface area (TPSA) is 34.1 Å². The molecule has 1 aromatic rings. The van der Waals surface area contributed by atoms with Crippen molar-refractivity contribution in [3.63, 3.8) is 0 Å². The molecule has 0 radical (unpaired) electrons. The van der Waals surface area contributed by atoms with Crippen LogP contribution in [0.5, 0.6) is 0 Å². The van der Waals surface area contributed by atoms with Crippen molar-refractivity contribution in [2.24, 2.45) is 0 Å². The molecule has 0 atom stereocenters. The first-order valence-corrected chi connectivity index (χ1v) is 7.96. The van der Waals surface area contributed by atoms with Gasteiger partial charge in [0, 0.05) is 11.2 Å². The van der Waals surface area contributed by atoms with Gasteiger partial charge < -0.3 is 0 Å². The van der Waals surface area contributed by atoms with Crippen LogP contribution in [0.1, 0.15) is 12.5 Å². The molecular formula is C11H11ClO2S2. The lowest BCUT2D eigenvalue weighted by Gasteiger charge is -2.04. The van der Waals surface area contributed by atoms with Crippen molar-refractivity contribution < 1.29 is 8.42 Å². The molecule has 0 unspecified atom stereocenters. The van der Waals surface area contributed by atoms with Crippen LogP contribution in [0.3, 0.4) is 0 Å². The van der Waals surface area contributed by atoms with E-state index in [9.17, 15) is 8.42 Å². The summed E-state index contributed by atoms with van der Waals surface area (Å²) in [5, 5.41) is 1.65. The zero-order chi connectivity index (χ0) is 11.8. The van der Waals surface area contributed by atoms with E-state index >= 15 is 0 Å². The van der Waals surface area contributed by atoms with Gasteiger partial charge in [-0.3, -0.25) is 0 Å². The fourth-order valence-electron chi connectivity index (χ4n) is 1.68. The molecule has 1 aromatic carbocycles. The highest BCUT2D eigenvalue weighted by atomic mass is 35.5.